The number of anilines is 1. The van der Waals surface area contributed by atoms with E-state index in [0.717, 1.165) is 6.42 Å². The summed E-state index contributed by atoms with van der Waals surface area (Å²) in [6.07, 6.45) is 8.41. The lowest BCUT2D eigenvalue weighted by Crippen LogP contribution is -2.35. The summed E-state index contributed by atoms with van der Waals surface area (Å²) >= 11 is 7.97. The number of aliphatic hydroxyl groups is 1. The number of aromatic nitrogens is 2. The first-order valence-electron chi connectivity index (χ1n) is 6.83. The zero-order chi connectivity index (χ0) is 14.5. The summed E-state index contributed by atoms with van der Waals surface area (Å²) in [6.45, 7) is 0.0306. The van der Waals surface area contributed by atoms with E-state index >= 15 is 0 Å². The van der Waals surface area contributed by atoms with Gasteiger partial charge in [-0.25, -0.2) is 4.68 Å². The first-order valence-corrected chi connectivity index (χ1v) is 8.49. The number of hydrogen-bond acceptors (Lipinski definition) is 5. The van der Waals surface area contributed by atoms with Gasteiger partial charge in [-0.2, -0.15) is 16.9 Å². The van der Waals surface area contributed by atoms with Gasteiger partial charge in [-0.3, -0.25) is 4.79 Å². The van der Waals surface area contributed by atoms with E-state index in [4.69, 9.17) is 16.7 Å². The molecule has 1 fully saturated rings. The van der Waals surface area contributed by atoms with Crippen molar-refractivity contribution in [1.82, 2.24) is 9.78 Å². The smallest absolute Gasteiger partial charge is 0.287 e. The standard InChI is InChI=1S/C13H20ClN3O2S/c1-20-11-5-3-2-4-9(11)16-10-8-15-17(6-7-18)13(19)12(10)14/h8-9,11,16,18H,2-7H2,1H3. The number of aliphatic hydroxyl groups excluding tert-OH is 1. The lowest BCUT2D eigenvalue weighted by Gasteiger charge is -2.31. The van der Waals surface area contributed by atoms with Crippen molar-refractivity contribution in [2.45, 2.75) is 43.5 Å². The zero-order valence-electron chi connectivity index (χ0n) is 11.5. The lowest BCUT2D eigenvalue weighted by atomic mass is 9.95. The molecule has 0 amide bonds. The van der Waals surface area contributed by atoms with Crippen molar-refractivity contribution in [2.24, 2.45) is 0 Å². The topological polar surface area (TPSA) is 67.2 Å². The number of nitrogens with one attached hydrogen (secondary N) is 1. The maximum Gasteiger partial charge on any atom is 0.287 e. The molecule has 5 nitrogen and oxygen atoms in total. The van der Waals surface area contributed by atoms with Crippen LogP contribution >= 0.6 is 23.4 Å². The summed E-state index contributed by atoms with van der Waals surface area (Å²) in [6, 6.07) is 0.325. The molecule has 2 N–H and O–H groups in total. The Bertz CT molecular complexity index is 509. The van der Waals surface area contributed by atoms with Crippen molar-refractivity contribution in [3.63, 3.8) is 0 Å². The monoisotopic (exact) mass is 317 g/mol. The molecule has 0 aliphatic heterocycles. The SMILES string of the molecule is CSC1CCCCC1Nc1cnn(CCO)c(=O)c1Cl. The molecule has 0 bridgehead atoms. The second kappa shape index (κ2) is 7.33. The van der Waals surface area contributed by atoms with E-state index in [1.807, 2.05) is 11.8 Å². The van der Waals surface area contributed by atoms with Gasteiger partial charge >= 0.3 is 0 Å². The Hall–Kier alpha value is -0.720. The second-order valence-corrected chi connectivity index (χ2v) is 6.39. The Morgan fingerprint density at radius 2 is 2.30 bits per heavy atom. The third-order valence-electron chi connectivity index (χ3n) is 3.64. The van der Waals surface area contributed by atoms with Crippen LogP contribution in [0.3, 0.4) is 0 Å². The molecule has 1 saturated carbocycles. The van der Waals surface area contributed by atoms with Gasteiger partial charge in [-0.15, -0.1) is 0 Å². The van der Waals surface area contributed by atoms with Crippen molar-refractivity contribution in [2.75, 3.05) is 18.2 Å². The minimum Gasteiger partial charge on any atom is -0.394 e. The van der Waals surface area contributed by atoms with Crippen LogP contribution in [0.1, 0.15) is 25.7 Å². The first-order chi connectivity index (χ1) is 9.67. The molecule has 0 spiro atoms. The van der Waals surface area contributed by atoms with Crippen LogP contribution in [-0.2, 0) is 6.54 Å². The predicted molar refractivity (Wildman–Crippen MR) is 83.8 cm³/mol. The average molecular weight is 318 g/mol. The largest absolute Gasteiger partial charge is 0.394 e. The Labute approximate surface area is 127 Å². The Morgan fingerprint density at radius 3 is 3.00 bits per heavy atom. The quantitative estimate of drug-likeness (QED) is 0.869. The van der Waals surface area contributed by atoms with Gasteiger partial charge in [0.15, 0.2) is 0 Å². The van der Waals surface area contributed by atoms with Crippen molar-refractivity contribution in [3.05, 3.63) is 21.6 Å². The molecule has 2 atom stereocenters. The van der Waals surface area contributed by atoms with E-state index < -0.39 is 0 Å². The van der Waals surface area contributed by atoms with Gasteiger partial charge in [0.25, 0.3) is 5.56 Å². The zero-order valence-corrected chi connectivity index (χ0v) is 13.1. The molecular weight excluding hydrogens is 298 g/mol. The van der Waals surface area contributed by atoms with Crippen LogP contribution < -0.4 is 10.9 Å². The van der Waals surface area contributed by atoms with Gasteiger partial charge in [0.2, 0.25) is 0 Å². The van der Waals surface area contributed by atoms with Crippen molar-refractivity contribution in [3.8, 4) is 0 Å². The molecule has 1 aliphatic rings. The van der Waals surface area contributed by atoms with E-state index in [-0.39, 0.29) is 23.7 Å². The van der Waals surface area contributed by atoms with Gasteiger partial charge < -0.3 is 10.4 Å². The Balaban J connectivity index is 2.17. The third kappa shape index (κ3) is 3.48. The molecule has 112 valence electrons. The highest BCUT2D eigenvalue weighted by molar-refractivity contribution is 7.99. The summed E-state index contributed by atoms with van der Waals surface area (Å²) in [5, 5.41) is 17.0. The van der Waals surface area contributed by atoms with Gasteiger partial charge in [0.1, 0.15) is 5.02 Å². The summed E-state index contributed by atoms with van der Waals surface area (Å²) in [5.74, 6) is 0. The van der Waals surface area contributed by atoms with Crippen molar-refractivity contribution in [1.29, 1.82) is 0 Å². The maximum absolute atomic E-state index is 12.0. The summed E-state index contributed by atoms with van der Waals surface area (Å²) in [7, 11) is 0. The molecule has 0 radical (unpaired) electrons. The van der Waals surface area contributed by atoms with E-state index in [9.17, 15) is 4.79 Å². The van der Waals surface area contributed by atoms with Crippen LogP contribution in [0.2, 0.25) is 5.02 Å². The van der Waals surface area contributed by atoms with Crippen LogP contribution in [0.5, 0.6) is 0 Å². The summed E-state index contributed by atoms with van der Waals surface area (Å²) in [4.78, 5) is 12.0. The highest BCUT2D eigenvalue weighted by Gasteiger charge is 2.25. The van der Waals surface area contributed by atoms with Crippen molar-refractivity contribution >= 4 is 29.1 Å². The van der Waals surface area contributed by atoms with Crippen LogP contribution in [0.15, 0.2) is 11.0 Å². The molecule has 2 rings (SSSR count). The Morgan fingerprint density at radius 1 is 1.55 bits per heavy atom. The number of hydrogen-bond donors (Lipinski definition) is 2. The van der Waals surface area contributed by atoms with Crippen molar-refractivity contribution < 1.29 is 5.11 Å². The predicted octanol–water partition coefficient (Wildman–Crippen LogP) is 1.98. The molecular formula is C13H20ClN3O2S. The maximum atomic E-state index is 12.0. The fraction of sp³-hybridized carbons (Fsp3) is 0.692. The molecule has 1 aliphatic carbocycles. The van der Waals surface area contributed by atoms with E-state index in [2.05, 4.69) is 16.7 Å². The normalized spacial score (nSPS) is 22.8. The molecule has 0 saturated heterocycles. The fourth-order valence-electron chi connectivity index (χ4n) is 2.56. The van der Waals surface area contributed by atoms with Gasteiger partial charge in [0, 0.05) is 11.3 Å². The lowest BCUT2D eigenvalue weighted by molar-refractivity contribution is 0.266. The van der Waals surface area contributed by atoms with Gasteiger partial charge in [0.05, 0.1) is 25.0 Å². The molecule has 1 aromatic rings. The highest BCUT2D eigenvalue weighted by Crippen LogP contribution is 2.30. The van der Waals surface area contributed by atoms with E-state index in [1.54, 1.807) is 6.20 Å². The van der Waals surface area contributed by atoms with Crippen LogP contribution in [0.25, 0.3) is 0 Å². The molecule has 2 unspecified atom stereocenters. The number of rotatable bonds is 5. The molecule has 7 heteroatoms. The molecule has 0 aromatic carbocycles. The minimum absolute atomic E-state index is 0.132. The van der Waals surface area contributed by atoms with Crippen LogP contribution in [0.4, 0.5) is 5.69 Å². The minimum atomic E-state index is -0.359. The highest BCUT2D eigenvalue weighted by atomic mass is 35.5. The average Bonchev–Trinajstić information content (AvgIpc) is 2.47. The molecule has 20 heavy (non-hydrogen) atoms. The number of nitrogens with zero attached hydrogens (tertiary/aromatic N) is 2. The number of halogens is 1. The van der Waals surface area contributed by atoms with Gasteiger partial charge in [-0.05, 0) is 19.1 Å². The first kappa shape index (κ1) is 15.7. The Kier molecular flexibility index (Phi) is 5.74. The number of thioether (sulfide) groups is 1. The summed E-state index contributed by atoms with van der Waals surface area (Å²) in [5.41, 5.74) is 0.235. The van der Waals surface area contributed by atoms with Crippen LogP contribution in [0, 0.1) is 0 Å². The van der Waals surface area contributed by atoms with Gasteiger partial charge in [-0.1, -0.05) is 24.4 Å². The molecule has 1 heterocycles. The third-order valence-corrected chi connectivity index (χ3v) is 5.18. The molecule has 1 aromatic heterocycles. The fourth-order valence-corrected chi connectivity index (χ4v) is 3.70. The van der Waals surface area contributed by atoms with E-state index in [0.29, 0.717) is 17.0 Å². The summed E-state index contributed by atoms with van der Waals surface area (Å²) < 4.78 is 1.18. The van der Waals surface area contributed by atoms with E-state index in [1.165, 1.54) is 23.9 Å². The van der Waals surface area contributed by atoms with Crippen LogP contribution in [-0.4, -0.2) is 39.0 Å². The second-order valence-electron chi connectivity index (χ2n) is 4.93.